The zero-order valence-corrected chi connectivity index (χ0v) is 24.8. The maximum atomic E-state index is 14.8. The molecule has 6 atom stereocenters. The van der Waals surface area contributed by atoms with Gasteiger partial charge in [-0.15, -0.1) is 18.5 Å². The normalized spacial score (nSPS) is 21.9. The maximum Gasteiger partial charge on any atom is 0.126 e. The van der Waals surface area contributed by atoms with Gasteiger partial charge in [0.2, 0.25) is 0 Å². The molecule has 0 aromatic heterocycles. The summed E-state index contributed by atoms with van der Waals surface area (Å²) in [6.45, 7) is 0. The van der Waals surface area contributed by atoms with Crippen molar-refractivity contribution >= 4 is 18.5 Å². The number of halogens is 8. The van der Waals surface area contributed by atoms with Crippen molar-refractivity contribution in [1.82, 2.24) is 0 Å². The minimum atomic E-state index is -1.53. The lowest BCUT2D eigenvalue weighted by Crippen LogP contribution is -2.47. The third kappa shape index (κ3) is 5.19. The maximum absolute atomic E-state index is 14.8. The molecule has 2 aliphatic carbocycles. The van der Waals surface area contributed by atoms with Crippen LogP contribution in [0.3, 0.4) is 0 Å². The molecule has 2 saturated carbocycles. The average Bonchev–Trinajstić information content (AvgIpc) is 3.52. The Balaban J connectivity index is 1.68. The van der Waals surface area contributed by atoms with Crippen LogP contribution in [0.4, 0.5) is 35.1 Å². The molecule has 6 rings (SSSR count). The lowest BCUT2D eigenvalue weighted by Gasteiger charge is -2.52. The van der Waals surface area contributed by atoms with E-state index in [-0.39, 0.29) is 34.1 Å². The van der Waals surface area contributed by atoms with Crippen LogP contribution in [0.5, 0.6) is 0 Å². The van der Waals surface area contributed by atoms with Gasteiger partial charge in [-0.05, 0) is 114 Å². The Morgan fingerprint density at radius 1 is 0.395 bits per heavy atom. The van der Waals surface area contributed by atoms with Gasteiger partial charge in [-0.3, -0.25) is 0 Å². The highest BCUT2D eigenvalue weighted by atomic mass is 31.0. The Morgan fingerprint density at radius 3 is 0.814 bits per heavy atom. The third-order valence-corrected chi connectivity index (χ3v) is 11.4. The van der Waals surface area contributed by atoms with Crippen LogP contribution in [0.2, 0.25) is 0 Å². The molecule has 6 unspecified atom stereocenters. The summed E-state index contributed by atoms with van der Waals surface area (Å²) in [6.07, 6.45) is 1.90. The SMILES string of the molecule is Fc1cc(F)cc(C(P)(c2cc(F)cc(F)c2)C2C3CCC(C3)C2C(P)(c2cc(F)cc(F)c2)c2cc(F)cc(F)c2)c1. The van der Waals surface area contributed by atoms with Gasteiger partial charge in [-0.2, -0.15) is 0 Å². The van der Waals surface area contributed by atoms with E-state index in [0.29, 0.717) is 43.5 Å². The summed E-state index contributed by atoms with van der Waals surface area (Å²) >= 11 is 0. The molecule has 0 nitrogen and oxygen atoms in total. The number of benzene rings is 4. The highest BCUT2D eigenvalue weighted by molar-refractivity contribution is 7.19. The number of hydrogen-bond donors (Lipinski definition) is 0. The van der Waals surface area contributed by atoms with Gasteiger partial charge < -0.3 is 0 Å². The zero-order chi connectivity index (χ0) is 30.8. The molecule has 0 saturated heterocycles. The summed E-state index contributed by atoms with van der Waals surface area (Å²) in [5, 5.41) is -3.06. The van der Waals surface area contributed by atoms with Crippen LogP contribution in [0.25, 0.3) is 0 Å². The van der Waals surface area contributed by atoms with E-state index in [2.05, 4.69) is 18.5 Å². The van der Waals surface area contributed by atoms with E-state index in [1.807, 2.05) is 0 Å². The van der Waals surface area contributed by atoms with Gasteiger partial charge in [0.05, 0.1) is 0 Å². The van der Waals surface area contributed by atoms with Crippen molar-refractivity contribution in [2.24, 2.45) is 23.7 Å². The number of rotatable bonds is 6. The van der Waals surface area contributed by atoms with E-state index < -0.39 is 68.7 Å². The standard InChI is InChI=1S/C33H26F8P2/c34-22-4-18(5-23(35)12-22)32(42,19-6-24(36)13-25(37)7-19)30-16-1-2-17(3-16)31(30)33(43,20-8-26(38)14-27(39)9-20)21-10-28(40)15-29(41)11-21/h4-17,30-31H,1-3,42-43H2. The largest absolute Gasteiger partial charge is 0.207 e. The minimum Gasteiger partial charge on any atom is -0.207 e. The van der Waals surface area contributed by atoms with Gasteiger partial charge in [-0.25, -0.2) is 35.1 Å². The Kier molecular flexibility index (Phi) is 7.70. The minimum absolute atomic E-state index is 0.0748. The first-order chi connectivity index (χ1) is 20.3. The fourth-order valence-corrected chi connectivity index (χ4v) is 9.50. The molecule has 2 aliphatic rings. The fourth-order valence-electron chi connectivity index (χ4n) is 7.88. The van der Waals surface area contributed by atoms with Crippen molar-refractivity contribution in [3.05, 3.63) is 142 Å². The van der Waals surface area contributed by atoms with Crippen LogP contribution >= 0.6 is 18.5 Å². The van der Waals surface area contributed by atoms with E-state index in [4.69, 9.17) is 0 Å². The molecule has 0 aliphatic heterocycles. The summed E-state index contributed by atoms with van der Waals surface area (Å²) < 4.78 is 118. The second kappa shape index (κ2) is 11.0. The molecule has 43 heavy (non-hydrogen) atoms. The zero-order valence-electron chi connectivity index (χ0n) is 22.5. The molecule has 0 spiro atoms. The Hall–Kier alpha value is -2.82. The Morgan fingerprint density at radius 2 is 0.605 bits per heavy atom. The molecule has 2 bridgehead atoms. The van der Waals surface area contributed by atoms with E-state index >= 15 is 0 Å². The van der Waals surface area contributed by atoms with Gasteiger partial charge >= 0.3 is 0 Å². The highest BCUT2D eigenvalue weighted by Crippen LogP contribution is 2.69. The van der Waals surface area contributed by atoms with Gasteiger partial charge in [0, 0.05) is 34.6 Å². The first kappa shape index (κ1) is 30.2. The second-order valence-corrected chi connectivity index (χ2v) is 13.6. The lowest BCUT2D eigenvalue weighted by molar-refractivity contribution is 0.153. The number of fused-ring (bicyclic) bond motifs is 2. The third-order valence-electron chi connectivity index (χ3n) is 9.33. The van der Waals surface area contributed by atoms with E-state index in [0.717, 1.165) is 48.5 Å². The van der Waals surface area contributed by atoms with Crippen LogP contribution in [0, 0.1) is 70.2 Å². The molecule has 4 aromatic carbocycles. The van der Waals surface area contributed by atoms with Crippen molar-refractivity contribution in [2.45, 2.75) is 29.6 Å². The summed E-state index contributed by atoms with van der Waals surface area (Å²) in [5.74, 6) is -8.99. The van der Waals surface area contributed by atoms with Crippen molar-refractivity contribution in [3.63, 3.8) is 0 Å². The topological polar surface area (TPSA) is 0 Å². The quantitative estimate of drug-likeness (QED) is 0.146. The van der Waals surface area contributed by atoms with Crippen molar-refractivity contribution in [2.75, 3.05) is 0 Å². The van der Waals surface area contributed by atoms with E-state index in [1.165, 1.54) is 0 Å². The van der Waals surface area contributed by atoms with Crippen LogP contribution in [0.1, 0.15) is 41.5 Å². The van der Waals surface area contributed by atoms with Gasteiger partial charge in [0.25, 0.3) is 0 Å². The first-order valence-electron chi connectivity index (χ1n) is 13.7. The van der Waals surface area contributed by atoms with Crippen LogP contribution in [-0.2, 0) is 10.3 Å². The Labute approximate surface area is 248 Å². The predicted octanol–water partition coefficient (Wildman–Crippen LogP) is 9.40. The fraction of sp³-hybridized carbons (Fsp3) is 0.273. The van der Waals surface area contributed by atoms with E-state index in [9.17, 15) is 35.1 Å². The molecule has 0 radical (unpaired) electrons. The molecule has 4 aromatic rings. The van der Waals surface area contributed by atoms with Crippen molar-refractivity contribution in [3.8, 4) is 0 Å². The monoisotopic (exact) mass is 636 g/mol. The second-order valence-electron chi connectivity index (χ2n) is 11.8. The summed E-state index contributed by atoms with van der Waals surface area (Å²) in [6, 6.07) is 11.5. The number of hydrogen-bond acceptors (Lipinski definition) is 0. The predicted molar refractivity (Wildman–Crippen MR) is 154 cm³/mol. The lowest BCUT2D eigenvalue weighted by atomic mass is 9.60. The molecule has 0 amide bonds. The average molecular weight is 637 g/mol. The van der Waals surface area contributed by atoms with Crippen molar-refractivity contribution < 1.29 is 35.1 Å². The molecule has 0 N–H and O–H groups in total. The molecule has 10 heteroatoms. The molecular formula is C33H26F8P2. The molecule has 2 fully saturated rings. The van der Waals surface area contributed by atoms with E-state index in [1.54, 1.807) is 0 Å². The molecule has 0 heterocycles. The van der Waals surface area contributed by atoms with Crippen molar-refractivity contribution in [1.29, 1.82) is 0 Å². The van der Waals surface area contributed by atoms with Crippen LogP contribution < -0.4 is 0 Å². The van der Waals surface area contributed by atoms with Gasteiger partial charge in [0.1, 0.15) is 46.5 Å². The Bertz CT molecular complexity index is 1410. The van der Waals surface area contributed by atoms with Crippen LogP contribution in [-0.4, -0.2) is 0 Å². The summed E-state index contributed by atoms with van der Waals surface area (Å²) in [7, 11) is 5.15. The smallest absolute Gasteiger partial charge is 0.126 e. The first-order valence-corrected chi connectivity index (χ1v) is 14.9. The van der Waals surface area contributed by atoms with Gasteiger partial charge in [-0.1, -0.05) is 0 Å². The molecular weight excluding hydrogens is 610 g/mol. The van der Waals surface area contributed by atoms with Crippen LogP contribution in [0.15, 0.2) is 72.8 Å². The summed E-state index contributed by atoms with van der Waals surface area (Å²) in [4.78, 5) is 0. The van der Waals surface area contributed by atoms with Gasteiger partial charge in [0.15, 0.2) is 0 Å². The molecule has 224 valence electrons. The summed E-state index contributed by atoms with van der Waals surface area (Å²) in [5.41, 5.74) is 0.299. The highest BCUT2D eigenvalue weighted by Gasteiger charge is 2.62.